The van der Waals surface area contributed by atoms with Gasteiger partial charge in [-0.1, -0.05) is 54.1 Å². The summed E-state index contributed by atoms with van der Waals surface area (Å²) >= 11 is 1.56. The van der Waals surface area contributed by atoms with Gasteiger partial charge in [0.1, 0.15) is 6.54 Å². The Morgan fingerprint density at radius 2 is 1.58 bits per heavy atom. The fourth-order valence-electron chi connectivity index (χ4n) is 3.17. The van der Waals surface area contributed by atoms with Gasteiger partial charge in [0.25, 0.3) is 5.91 Å². The Morgan fingerprint density at radius 3 is 2.15 bits per heavy atom. The number of aryl methyl sites for hydroxylation is 1. The van der Waals surface area contributed by atoms with Crippen molar-refractivity contribution in [1.82, 2.24) is 9.62 Å². The number of amides is 2. The molecule has 1 heterocycles. The molecule has 5 nitrogen and oxygen atoms in total. The van der Waals surface area contributed by atoms with Crippen LogP contribution < -0.4 is 10.0 Å². The minimum Gasteiger partial charge on any atom is -0.325 e. The van der Waals surface area contributed by atoms with Gasteiger partial charge in [0, 0.05) is 28.2 Å². The molecular formula is C27H31N3O2S. The van der Waals surface area contributed by atoms with E-state index in [0.29, 0.717) is 12.1 Å². The van der Waals surface area contributed by atoms with E-state index in [0.717, 1.165) is 16.1 Å². The van der Waals surface area contributed by atoms with Gasteiger partial charge in [-0.15, -0.1) is 0 Å². The van der Waals surface area contributed by atoms with Gasteiger partial charge >= 0.3 is 0 Å². The topological polar surface area (TPSA) is 61.4 Å². The number of nitrogens with zero attached hydrogens (tertiary/aromatic N) is 1. The maximum absolute atomic E-state index is 12.3. The molecule has 0 unspecified atom stereocenters. The molecule has 0 saturated heterocycles. The molecule has 0 spiro atoms. The fraction of sp³-hybridized carbons (Fsp3) is 0.259. The van der Waals surface area contributed by atoms with Crippen LogP contribution in [0, 0.1) is 6.92 Å². The van der Waals surface area contributed by atoms with Crippen molar-refractivity contribution < 1.29 is 9.59 Å². The number of benzene rings is 3. The molecule has 2 N–H and O–H groups in total. The van der Waals surface area contributed by atoms with E-state index in [9.17, 15) is 9.59 Å². The Hall–Kier alpha value is -3.09. The molecule has 4 rings (SSSR count). The van der Waals surface area contributed by atoms with Crippen molar-refractivity contribution in [3.63, 3.8) is 0 Å². The van der Waals surface area contributed by atoms with Crippen molar-refractivity contribution in [2.24, 2.45) is 0 Å². The summed E-state index contributed by atoms with van der Waals surface area (Å²) in [5.74, 6) is -0.282. The van der Waals surface area contributed by atoms with Crippen molar-refractivity contribution in [1.29, 1.82) is 0 Å². The number of fused-ring (bicyclic) bond motifs is 1. The first-order valence-corrected chi connectivity index (χ1v) is 11.8. The average Bonchev–Trinajstić information content (AvgIpc) is 3.09. The molecule has 0 aliphatic carbocycles. The molecule has 33 heavy (non-hydrogen) atoms. The van der Waals surface area contributed by atoms with Gasteiger partial charge in [0.05, 0.1) is 0 Å². The van der Waals surface area contributed by atoms with E-state index in [4.69, 9.17) is 0 Å². The number of hydrogen-bond acceptors (Lipinski definition) is 4. The fourth-order valence-corrected chi connectivity index (χ4v) is 3.87. The summed E-state index contributed by atoms with van der Waals surface area (Å²) in [7, 11) is 0. The van der Waals surface area contributed by atoms with E-state index < -0.39 is 0 Å². The zero-order valence-corrected chi connectivity index (χ0v) is 20.4. The minimum atomic E-state index is -0.195. The van der Waals surface area contributed by atoms with Gasteiger partial charge in [0.2, 0.25) is 5.91 Å². The minimum absolute atomic E-state index is 0.0252. The van der Waals surface area contributed by atoms with E-state index in [1.807, 2.05) is 60.7 Å². The van der Waals surface area contributed by atoms with Crippen molar-refractivity contribution in [3.05, 3.63) is 95.6 Å². The molecule has 1 aliphatic rings. The molecule has 2 amide bonds. The molecule has 0 aromatic heterocycles. The molecular weight excluding hydrogens is 430 g/mol. The highest BCUT2D eigenvalue weighted by molar-refractivity contribution is 7.97. The van der Waals surface area contributed by atoms with Gasteiger partial charge in [-0.2, -0.15) is 0 Å². The lowest BCUT2D eigenvalue weighted by atomic mass is 10.1. The number of rotatable bonds is 5. The average molecular weight is 462 g/mol. The summed E-state index contributed by atoms with van der Waals surface area (Å²) in [6.07, 6.45) is 0. The molecule has 3 aromatic rings. The maximum Gasteiger partial charge on any atom is 0.254 e. The SMILES string of the molecule is CC(C)(C)NSc1ccc(NC(=O)CN2Cc3ccccc3C2=O)cc1.Cc1ccccc1. The highest BCUT2D eigenvalue weighted by Gasteiger charge is 2.28. The van der Waals surface area contributed by atoms with Gasteiger partial charge in [0.15, 0.2) is 0 Å². The van der Waals surface area contributed by atoms with Gasteiger partial charge < -0.3 is 10.2 Å². The molecule has 172 valence electrons. The van der Waals surface area contributed by atoms with E-state index in [2.05, 4.69) is 49.9 Å². The normalized spacial score (nSPS) is 12.6. The Labute approximate surface area is 200 Å². The number of hydrogen-bond donors (Lipinski definition) is 2. The smallest absolute Gasteiger partial charge is 0.254 e. The Bertz CT molecular complexity index is 1080. The van der Waals surface area contributed by atoms with E-state index >= 15 is 0 Å². The van der Waals surface area contributed by atoms with Crippen molar-refractivity contribution in [2.45, 2.75) is 44.7 Å². The molecule has 3 aromatic carbocycles. The van der Waals surface area contributed by atoms with E-state index in [1.54, 1.807) is 22.9 Å². The summed E-state index contributed by atoms with van der Waals surface area (Å²) in [4.78, 5) is 27.2. The third-order valence-electron chi connectivity index (χ3n) is 4.78. The highest BCUT2D eigenvalue weighted by atomic mass is 32.2. The number of anilines is 1. The lowest BCUT2D eigenvalue weighted by Gasteiger charge is -2.19. The molecule has 0 fully saturated rings. The molecule has 0 bridgehead atoms. The third-order valence-corrected chi connectivity index (χ3v) is 6.01. The Balaban J connectivity index is 0.000000374. The van der Waals surface area contributed by atoms with Crippen molar-refractivity contribution in [3.8, 4) is 0 Å². The monoisotopic (exact) mass is 461 g/mol. The first-order valence-electron chi connectivity index (χ1n) is 10.9. The van der Waals surface area contributed by atoms with Crippen LogP contribution >= 0.6 is 11.9 Å². The molecule has 0 radical (unpaired) electrons. The summed E-state index contributed by atoms with van der Waals surface area (Å²) in [6, 6.07) is 25.4. The van der Waals surface area contributed by atoms with Crippen LogP contribution in [0.1, 0.15) is 42.3 Å². The maximum atomic E-state index is 12.3. The van der Waals surface area contributed by atoms with Gasteiger partial charge in [-0.25, -0.2) is 0 Å². The van der Waals surface area contributed by atoms with Crippen LogP contribution in [0.15, 0.2) is 83.8 Å². The molecule has 6 heteroatoms. The zero-order valence-electron chi connectivity index (χ0n) is 19.6. The summed E-state index contributed by atoms with van der Waals surface area (Å²) < 4.78 is 3.35. The Kier molecular flexibility index (Phi) is 8.31. The summed E-state index contributed by atoms with van der Waals surface area (Å²) in [6.45, 7) is 8.93. The number of carbonyl (C=O) groups is 2. The van der Waals surface area contributed by atoms with E-state index in [-0.39, 0.29) is 23.9 Å². The highest BCUT2D eigenvalue weighted by Crippen LogP contribution is 2.23. The predicted octanol–water partition coefficient (Wildman–Crippen LogP) is 5.67. The van der Waals surface area contributed by atoms with Crippen LogP contribution in [-0.4, -0.2) is 28.8 Å². The third kappa shape index (κ3) is 7.77. The van der Waals surface area contributed by atoms with E-state index in [1.165, 1.54) is 5.56 Å². The van der Waals surface area contributed by atoms with Gasteiger partial charge in [-0.3, -0.25) is 14.3 Å². The van der Waals surface area contributed by atoms with Crippen LogP contribution in [0.5, 0.6) is 0 Å². The second-order valence-corrected chi connectivity index (χ2v) is 9.88. The van der Waals surface area contributed by atoms with Crippen LogP contribution in [0.3, 0.4) is 0 Å². The molecule has 1 aliphatic heterocycles. The number of carbonyl (C=O) groups excluding carboxylic acids is 2. The lowest BCUT2D eigenvalue weighted by Crippen LogP contribution is -2.33. The van der Waals surface area contributed by atoms with Crippen LogP contribution in [0.25, 0.3) is 0 Å². The predicted molar refractivity (Wildman–Crippen MR) is 136 cm³/mol. The molecule has 0 atom stereocenters. The quantitative estimate of drug-likeness (QED) is 0.481. The molecule has 0 saturated carbocycles. The van der Waals surface area contributed by atoms with Gasteiger partial charge in [-0.05, 0) is 75.5 Å². The second-order valence-electron chi connectivity index (χ2n) is 9.00. The zero-order chi connectivity index (χ0) is 23.8. The lowest BCUT2D eigenvalue weighted by molar-refractivity contribution is -0.116. The Morgan fingerprint density at radius 1 is 0.939 bits per heavy atom. The summed E-state index contributed by atoms with van der Waals surface area (Å²) in [5, 5.41) is 2.85. The van der Waals surface area contributed by atoms with Crippen LogP contribution in [0.2, 0.25) is 0 Å². The first kappa shape index (κ1) is 24.6. The first-order chi connectivity index (χ1) is 15.7. The number of nitrogens with one attached hydrogen (secondary N) is 2. The van der Waals surface area contributed by atoms with Crippen LogP contribution in [0.4, 0.5) is 5.69 Å². The summed E-state index contributed by atoms with van der Waals surface area (Å²) in [5.41, 5.74) is 3.73. The van der Waals surface area contributed by atoms with Crippen LogP contribution in [-0.2, 0) is 11.3 Å². The second kappa shape index (κ2) is 11.2. The standard InChI is InChI=1S/C20H23N3O2S.C7H8/c1-20(2,3)22-26-16-10-8-15(9-11-16)21-18(24)13-23-12-14-6-4-5-7-17(14)19(23)25;1-7-5-3-2-4-6-7/h4-11,22H,12-13H2,1-3H3,(H,21,24);2-6H,1H3. The van der Waals surface area contributed by atoms with Crippen molar-refractivity contribution in [2.75, 3.05) is 11.9 Å². The van der Waals surface area contributed by atoms with Crippen molar-refractivity contribution >= 4 is 29.4 Å². The largest absolute Gasteiger partial charge is 0.325 e.